The molecule has 2 nitrogen and oxygen atoms in total. The topological polar surface area (TPSA) is 35.9 Å². The van der Waals surface area contributed by atoms with Crippen molar-refractivity contribution in [2.75, 3.05) is 5.75 Å². The fourth-order valence-electron chi connectivity index (χ4n) is 1.22. The second kappa shape index (κ2) is 3.19. The molecule has 0 spiro atoms. The average molecular weight is 178 g/mol. The first-order valence-corrected chi connectivity index (χ1v) is 4.91. The summed E-state index contributed by atoms with van der Waals surface area (Å²) in [6, 6.07) is 10.2. The van der Waals surface area contributed by atoms with Crippen LogP contribution in [0.1, 0.15) is 10.9 Å². The van der Waals surface area contributed by atoms with Gasteiger partial charge in [0.05, 0.1) is 11.1 Å². The summed E-state index contributed by atoms with van der Waals surface area (Å²) in [5.74, 6) is 1.44. The molecule has 12 heavy (non-hydrogen) atoms. The number of thioether (sulfide) groups is 1. The number of nitrogens with one attached hydrogen (secondary N) is 2. The Bertz CT molecular complexity index is 284. The van der Waals surface area contributed by atoms with Gasteiger partial charge in [-0.3, -0.25) is 5.41 Å². The molecule has 0 bridgehead atoms. The van der Waals surface area contributed by atoms with E-state index in [-0.39, 0.29) is 0 Å². The van der Waals surface area contributed by atoms with Crippen LogP contribution in [-0.2, 0) is 0 Å². The summed E-state index contributed by atoms with van der Waals surface area (Å²) >= 11 is 1.77. The Hall–Kier alpha value is -0.960. The molecule has 1 saturated heterocycles. The van der Waals surface area contributed by atoms with Crippen LogP contribution in [0.15, 0.2) is 30.3 Å². The Morgan fingerprint density at radius 3 is 2.67 bits per heavy atom. The van der Waals surface area contributed by atoms with Gasteiger partial charge in [0.25, 0.3) is 0 Å². The fourth-order valence-corrected chi connectivity index (χ4v) is 2.21. The van der Waals surface area contributed by atoms with Crippen molar-refractivity contribution in [1.82, 2.24) is 5.32 Å². The van der Waals surface area contributed by atoms with Gasteiger partial charge in [0.15, 0.2) is 0 Å². The molecule has 3 heteroatoms. The minimum atomic E-state index is 0.290. The standard InChI is InChI=1S/C9H10N2S/c10-8-6-12-9(11-8)7-4-2-1-3-5-7/h1-5,9H,6H2,(H2,10,11). The molecule has 1 unspecified atom stereocenters. The van der Waals surface area contributed by atoms with Crippen molar-refractivity contribution in [1.29, 1.82) is 5.41 Å². The summed E-state index contributed by atoms with van der Waals surface area (Å²) in [7, 11) is 0. The van der Waals surface area contributed by atoms with Crippen LogP contribution in [0.25, 0.3) is 0 Å². The molecular formula is C9H10N2S. The van der Waals surface area contributed by atoms with E-state index in [0.717, 1.165) is 5.75 Å². The maximum Gasteiger partial charge on any atom is 0.105 e. The highest BCUT2D eigenvalue weighted by Crippen LogP contribution is 2.29. The first-order chi connectivity index (χ1) is 5.86. The number of benzene rings is 1. The molecule has 1 aliphatic heterocycles. The Balaban J connectivity index is 2.16. The van der Waals surface area contributed by atoms with Crippen LogP contribution >= 0.6 is 11.8 Å². The van der Waals surface area contributed by atoms with Gasteiger partial charge in [-0.15, -0.1) is 11.8 Å². The van der Waals surface area contributed by atoms with Crippen LogP contribution in [0.2, 0.25) is 0 Å². The quantitative estimate of drug-likeness (QED) is 0.690. The lowest BCUT2D eigenvalue weighted by molar-refractivity contribution is 0.901. The zero-order valence-electron chi connectivity index (χ0n) is 6.58. The van der Waals surface area contributed by atoms with Crippen LogP contribution < -0.4 is 5.32 Å². The molecule has 0 aliphatic carbocycles. The van der Waals surface area contributed by atoms with Gasteiger partial charge in [-0.05, 0) is 5.56 Å². The summed E-state index contributed by atoms with van der Waals surface area (Å²) in [5.41, 5.74) is 1.25. The van der Waals surface area contributed by atoms with E-state index in [4.69, 9.17) is 5.41 Å². The average Bonchev–Trinajstić information content (AvgIpc) is 2.54. The van der Waals surface area contributed by atoms with E-state index in [9.17, 15) is 0 Å². The molecule has 1 aromatic carbocycles. The maximum atomic E-state index is 7.40. The third kappa shape index (κ3) is 1.46. The van der Waals surface area contributed by atoms with E-state index in [1.807, 2.05) is 18.2 Å². The number of rotatable bonds is 1. The molecule has 0 radical (unpaired) electrons. The van der Waals surface area contributed by atoms with Crippen molar-refractivity contribution in [3.8, 4) is 0 Å². The predicted molar refractivity (Wildman–Crippen MR) is 52.5 cm³/mol. The molecule has 2 rings (SSSR count). The Morgan fingerprint density at radius 1 is 1.33 bits per heavy atom. The van der Waals surface area contributed by atoms with E-state index < -0.39 is 0 Å². The van der Waals surface area contributed by atoms with Crippen molar-refractivity contribution in [3.05, 3.63) is 35.9 Å². The summed E-state index contributed by atoms with van der Waals surface area (Å²) in [6.07, 6.45) is 0. The summed E-state index contributed by atoms with van der Waals surface area (Å²) in [6.45, 7) is 0. The number of hydrogen-bond acceptors (Lipinski definition) is 2. The van der Waals surface area contributed by atoms with Gasteiger partial charge >= 0.3 is 0 Å². The van der Waals surface area contributed by atoms with Gasteiger partial charge in [-0.1, -0.05) is 30.3 Å². The van der Waals surface area contributed by atoms with Crippen molar-refractivity contribution < 1.29 is 0 Å². The fraction of sp³-hybridized carbons (Fsp3) is 0.222. The third-order valence-electron chi connectivity index (χ3n) is 1.80. The molecule has 0 saturated carbocycles. The zero-order valence-corrected chi connectivity index (χ0v) is 7.40. The van der Waals surface area contributed by atoms with Crippen molar-refractivity contribution in [2.45, 2.75) is 5.37 Å². The molecule has 2 N–H and O–H groups in total. The lowest BCUT2D eigenvalue weighted by Gasteiger charge is -2.08. The van der Waals surface area contributed by atoms with Crippen LogP contribution in [0.5, 0.6) is 0 Å². The third-order valence-corrected chi connectivity index (χ3v) is 2.98. The minimum Gasteiger partial charge on any atom is -0.358 e. The minimum absolute atomic E-state index is 0.290. The number of amidine groups is 1. The lowest BCUT2D eigenvalue weighted by atomic mass is 10.2. The SMILES string of the molecule is N=C1CSC(c2ccccc2)N1. The largest absolute Gasteiger partial charge is 0.358 e. The van der Waals surface area contributed by atoms with E-state index >= 15 is 0 Å². The smallest absolute Gasteiger partial charge is 0.105 e. The van der Waals surface area contributed by atoms with Gasteiger partial charge in [0.2, 0.25) is 0 Å². The highest BCUT2D eigenvalue weighted by atomic mass is 32.2. The molecule has 1 atom stereocenters. The van der Waals surface area contributed by atoms with E-state index in [1.165, 1.54) is 5.56 Å². The first kappa shape index (κ1) is 7.68. The highest BCUT2D eigenvalue weighted by molar-refractivity contribution is 8.00. The Labute approximate surface area is 75.9 Å². The van der Waals surface area contributed by atoms with Crippen LogP contribution in [-0.4, -0.2) is 11.6 Å². The van der Waals surface area contributed by atoms with Gasteiger partial charge < -0.3 is 5.32 Å². The Morgan fingerprint density at radius 2 is 2.08 bits per heavy atom. The van der Waals surface area contributed by atoms with Gasteiger partial charge in [0.1, 0.15) is 5.84 Å². The molecular weight excluding hydrogens is 168 g/mol. The molecule has 1 aliphatic rings. The lowest BCUT2D eigenvalue weighted by Crippen LogP contribution is -2.18. The molecule has 0 aromatic heterocycles. The van der Waals surface area contributed by atoms with E-state index in [2.05, 4.69) is 17.4 Å². The van der Waals surface area contributed by atoms with Crippen molar-refractivity contribution >= 4 is 17.6 Å². The second-order valence-corrected chi connectivity index (χ2v) is 3.82. The summed E-state index contributed by atoms with van der Waals surface area (Å²) < 4.78 is 0. The second-order valence-electron chi connectivity index (χ2n) is 2.72. The first-order valence-electron chi connectivity index (χ1n) is 3.87. The number of hydrogen-bond donors (Lipinski definition) is 2. The summed E-state index contributed by atoms with van der Waals surface area (Å²) in [4.78, 5) is 0. The molecule has 1 fully saturated rings. The Kier molecular flexibility index (Phi) is 2.04. The predicted octanol–water partition coefficient (Wildman–Crippen LogP) is 2.00. The molecule has 62 valence electrons. The summed E-state index contributed by atoms with van der Waals surface area (Å²) in [5, 5.41) is 10.8. The highest BCUT2D eigenvalue weighted by Gasteiger charge is 2.19. The monoisotopic (exact) mass is 178 g/mol. The van der Waals surface area contributed by atoms with Crippen molar-refractivity contribution in [2.24, 2.45) is 0 Å². The molecule has 1 aromatic rings. The van der Waals surface area contributed by atoms with Crippen LogP contribution in [0.3, 0.4) is 0 Å². The van der Waals surface area contributed by atoms with Gasteiger partial charge in [0, 0.05) is 0 Å². The van der Waals surface area contributed by atoms with Gasteiger partial charge in [-0.2, -0.15) is 0 Å². The van der Waals surface area contributed by atoms with E-state index in [0.29, 0.717) is 11.2 Å². The van der Waals surface area contributed by atoms with Crippen LogP contribution in [0.4, 0.5) is 0 Å². The van der Waals surface area contributed by atoms with Gasteiger partial charge in [-0.25, -0.2) is 0 Å². The zero-order chi connectivity index (χ0) is 8.39. The normalized spacial score (nSPS) is 22.3. The molecule has 1 heterocycles. The van der Waals surface area contributed by atoms with Crippen LogP contribution in [0, 0.1) is 5.41 Å². The maximum absolute atomic E-state index is 7.40. The van der Waals surface area contributed by atoms with E-state index in [1.54, 1.807) is 11.8 Å². The molecule has 0 amide bonds. The van der Waals surface area contributed by atoms with Crippen molar-refractivity contribution in [3.63, 3.8) is 0 Å².